The smallest absolute Gasteiger partial charge is 0.262 e. The van der Waals surface area contributed by atoms with Gasteiger partial charge in [-0.25, -0.2) is 0 Å². The number of benzene rings is 1. The van der Waals surface area contributed by atoms with Crippen LogP contribution in [0.1, 0.15) is 0 Å². The van der Waals surface area contributed by atoms with Gasteiger partial charge in [0, 0.05) is 6.07 Å². The van der Waals surface area contributed by atoms with Gasteiger partial charge in [-0.2, -0.15) is 0 Å². The first kappa shape index (κ1) is 8.37. The van der Waals surface area contributed by atoms with E-state index in [9.17, 15) is 9.90 Å². The minimum Gasteiger partial charge on any atom is -0.507 e. The Bertz CT molecular complexity index is 378. The van der Waals surface area contributed by atoms with E-state index in [2.05, 4.69) is 21.2 Å². The molecule has 1 amide bonds. The van der Waals surface area contributed by atoms with E-state index in [1.807, 2.05) is 0 Å². The van der Waals surface area contributed by atoms with Crippen LogP contribution >= 0.6 is 15.9 Å². The first-order valence-corrected chi connectivity index (χ1v) is 4.41. The predicted octanol–water partition coefficient (Wildman–Crippen LogP) is 1.49. The van der Waals surface area contributed by atoms with Crippen LogP contribution in [-0.2, 0) is 4.79 Å². The normalized spacial score (nSPS) is 14.4. The van der Waals surface area contributed by atoms with Gasteiger partial charge >= 0.3 is 0 Å². The van der Waals surface area contributed by atoms with Gasteiger partial charge < -0.3 is 15.2 Å². The lowest BCUT2D eigenvalue weighted by molar-refractivity contribution is -0.118. The van der Waals surface area contributed by atoms with Crippen molar-refractivity contribution in [2.24, 2.45) is 0 Å². The van der Waals surface area contributed by atoms with E-state index in [0.717, 1.165) is 0 Å². The zero-order chi connectivity index (χ0) is 9.42. The van der Waals surface area contributed by atoms with Gasteiger partial charge in [-0.1, -0.05) is 0 Å². The Hall–Kier alpha value is -1.23. The van der Waals surface area contributed by atoms with Crippen LogP contribution in [0.5, 0.6) is 11.5 Å². The van der Waals surface area contributed by atoms with Crippen LogP contribution in [0.3, 0.4) is 0 Å². The monoisotopic (exact) mass is 243 g/mol. The Kier molecular flexibility index (Phi) is 1.88. The van der Waals surface area contributed by atoms with E-state index in [1.54, 1.807) is 6.07 Å². The highest BCUT2D eigenvalue weighted by Gasteiger charge is 2.17. The number of ether oxygens (including phenoxy) is 1. The van der Waals surface area contributed by atoms with Crippen LogP contribution in [0, 0.1) is 0 Å². The Labute approximate surface area is 82.6 Å². The van der Waals surface area contributed by atoms with E-state index in [-0.39, 0.29) is 18.3 Å². The molecule has 2 rings (SSSR count). The van der Waals surface area contributed by atoms with Crippen molar-refractivity contribution in [3.63, 3.8) is 0 Å². The highest BCUT2D eigenvalue weighted by Crippen LogP contribution is 2.36. The molecule has 1 aliphatic heterocycles. The number of carbonyl (C=O) groups is 1. The third-order valence-corrected chi connectivity index (χ3v) is 2.32. The fourth-order valence-electron chi connectivity index (χ4n) is 1.09. The van der Waals surface area contributed by atoms with E-state index in [1.165, 1.54) is 6.07 Å². The van der Waals surface area contributed by atoms with Crippen LogP contribution in [0.4, 0.5) is 5.69 Å². The van der Waals surface area contributed by atoms with Gasteiger partial charge in [0.15, 0.2) is 6.61 Å². The van der Waals surface area contributed by atoms with Crippen molar-refractivity contribution in [2.45, 2.75) is 0 Å². The molecule has 0 atom stereocenters. The predicted molar refractivity (Wildman–Crippen MR) is 49.9 cm³/mol. The minimum absolute atomic E-state index is 0.00588. The molecule has 1 aromatic rings. The van der Waals surface area contributed by atoms with Crippen LogP contribution in [0.2, 0.25) is 0 Å². The minimum atomic E-state index is -0.190. The summed E-state index contributed by atoms with van der Waals surface area (Å²) in [6, 6.07) is 3.06. The fraction of sp³-hybridized carbons (Fsp3) is 0.125. The Balaban J connectivity index is 2.49. The lowest BCUT2D eigenvalue weighted by Gasteiger charge is -2.18. The van der Waals surface area contributed by atoms with Gasteiger partial charge in [0.2, 0.25) is 0 Å². The second-order valence-corrected chi connectivity index (χ2v) is 3.49. The first-order chi connectivity index (χ1) is 6.16. The third-order valence-electron chi connectivity index (χ3n) is 1.68. The zero-order valence-electron chi connectivity index (χ0n) is 6.50. The molecular weight excluding hydrogens is 238 g/mol. The molecule has 0 spiro atoms. The van der Waals surface area contributed by atoms with Gasteiger partial charge in [0.05, 0.1) is 10.2 Å². The van der Waals surface area contributed by atoms with E-state index >= 15 is 0 Å². The molecule has 0 fully saturated rings. The van der Waals surface area contributed by atoms with Crippen LogP contribution in [0.25, 0.3) is 0 Å². The Morgan fingerprint density at radius 2 is 2.31 bits per heavy atom. The lowest BCUT2D eigenvalue weighted by Crippen LogP contribution is -2.25. The summed E-state index contributed by atoms with van der Waals surface area (Å²) in [5.41, 5.74) is 0.570. The highest BCUT2D eigenvalue weighted by atomic mass is 79.9. The summed E-state index contributed by atoms with van der Waals surface area (Å²) in [7, 11) is 0. The number of phenols is 1. The van der Waals surface area contributed by atoms with Gasteiger partial charge in [-0.05, 0) is 22.0 Å². The summed E-state index contributed by atoms with van der Waals surface area (Å²) in [4.78, 5) is 10.9. The van der Waals surface area contributed by atoms with E-state index in [0.29, 0.717) is 15.9 Å². The summed E-state index contributed by atoms with van der Waals surface area (Å²) in [6.07, 6.45) is 0. The number of nitrogens with one attached hydrogen (secondary N) is 1. The summed E-state index contributed by atoms with van der Waals surface area (Å²) >= 11 is 3.14. The Morgan fingerprint density at radius 3 is 3.08 bits per heavy atom. The molecule has 68 valence electrons. The van der Waals surface area contributed by atoms with Crippen molar-refractivity contribution in [3.8, 4) is 11.5 Å². The first-order valence-electron chi connectivity index (χ1n) is 3.62. The molecule has 0 bridgehead atoms. The summed E-state index contributed by atoms with van der Waals surface area (Å²) in [5.74, 6) is 0.389. The number of anilines is 1. The molecule has 4 nitrogen and oxygen atoms in total. The number of phenolic OH excluding ortho intramolecular Hbond substituents is 1. The number of aromatic hydroxyl groups is 1. The SMILES string of the molecule is O=C1COc2cc(O)c(Br)cc2N1. The number of rotatable bonds is 0. The molecule has 13 heavy (non-hydrogen) atoms. The van der Waals surface area contributed by atoms with Gasteiger partial charge in [-0.3, -0.25) is 4.79 Å². The van der Waals surface area contributed by atoms with Crippen LogP contribution < -0.4 is 10.1 Å². The number of halogens is 1. The van der Waals surface area contributed by atoms with Crippen molar-refractivity contribution in [1.82, 2.24) is 0 Å². The largest absolute Gasteiger partial charge is 0.507 e. The third kappa shape index (κ3) is 1.47. The van der Waals surface area contributed by atoms with Crippen molar-refractivity contribution in [1.29, 1.82) is 0 Å². The van der Waals surface area contributed by atoms with Crippen LogP contribution in [0.15, 0.2) is 16.6 Å². The number of hydrogen-bond acceptors (Lipinski definition) is 3. The number of fused-ring (bicyclic) bond motifs is 1. The number of amides is 1. The molecule has 0 radical (unpaired) electrons. The molecule has 0 saturated heterocycles. The van der Waals surface area contributed by atoms with E-state index < -0.39 is 0 Å². The lowest BCUT2D eigenvalue weighted by atomic mass is 10.2. The molecule has 0 aliphatic carbocycles. The molecule has 5 heteroatoms. The number of hydrogen-bond donors (Lipinski definition) is 2. The summed E-state index contributed by atoms with van der Waals surface area (Å²) < 4.78 is 5.60. The van der Waals surface area contributed by atoms with E-state index in [4.69, 9.17) is 4.74 Å². The van der Waals surface area contributed by atoms with Crippen LogP contribution in [-0.4, -0.2) is 17.6 Å². The zero-order valence-corrected chi connectivity index (χ0v) is 8.09. The van der Waals surface area contributed by atoms with Gasteiger partial charge in [0.1, 0.15) is 11.5 Å². The van der Waals surface area contributed by atoms with Crippen molar-refractivity contribution < 1.29 is 14.6 Å². The maximum atomic E-state index is 10.9. The van der Waals surface area contributed by atoms with Crippen molar-refractivity contribution in [2.75, 3.05) is 11.9 Å². The molecule has 1 aromatic carbocycles. The summed E-state index contributed by atoms with van der Waals surface area (Å²) in [5, 5.41) is 11.9. The maximum absolute atomic E-state index is 10.9. The summed E-state index contributed by atoms with van der Waals surface area (Å²) in [6.45, 7) is -0.00588. The quantitative estimate of drug-likeness (QED) is 0.679. The van der Waals surface area contributed by atoms with Crippen molar-refractivity contribution >= 4 is 27.5 Å². The van der Waals surface area contributed by atoms with Crippen molar-refractivity contribution in [3.05, 3.63) is 16.6 Å². The second-order valence-electron chi connectivity index (χ2n) is 2.64. The molecule has 1 aliphatic rings. The molecule has 0 unspecified atom stereocenters. The average Bonchev–Trinajstić information content (AvgIpc) is 2.08. The molecule has 1 heterocycles. The molecule has 2 N–H and O–H groups in total. The average molecular weight is 244 g/mol. The topological polar surface area (TPSA) is 58.6 Å². The number of carbonyl (C=O) groups excluding carboxylic acids is 1. The maximum Gasteiger partial charge on any atom is 0.262 e. The van der Waals surface area contributed by atoms with Gasteiger partial charge in [0.25, 0.3) is 5.91 Å². The second kappa shape index (κ2) is 2.92. The molecule has 0 aromatic heterocycles. The van der Waals surface area contributed by atoms with Gasteiger partial charge in [-0.15, -0.1) is 0 Å². The fourth-order valence-corrected chi connectivity index (χ4v) is 1.43. The highest BCUT2D eigenvalue weighted by molar-refractivity contribution is 9.10. The molecular formula is C8H6BrNO3. The Morgan fingerprint density at radius 1 is 1.54 bits per heavy atom. The standard InChI is InChI=1S/C8H6BrNO3/c9-4-1-5-7(2-6(4)11)13-3-8(12)10-5/h1-2,11H,3H2,(H,10,12). The molecule has 0 saturated carbocycles.